The number of hydrogen-bond acceptors (Lipinski definition) is 2. The fraction of sp³-hybridized carbons (Fsp3) is 0.667. The highest BCUT2D eigenvalue weighted by Crippen LogP contribution is 2.43. The molecule has 1 fully saturated rings. The quantitative estimate of drug-likeness (QED) is 0.888. The van der Waals surface area contributed by atoms with Gasteiger partial charge in [0.25, 0.3) is 0 Å². The van der Waals surface area contributed by atoms with E-state index in [9.17, 15) is 4.39 Å². The molecular formula is C18H28FNO. The van der Waals surface area contributed by atoms with Crippen LogP contribution in [0.25, 0.3) is 0 Å². The van der Waals surface area contributed by atoms with E-state index in [0.717, 1.165) is 31.2 Å². The molecule has 2 rings (SSSR count). The van der Waals surface area contributed by atoms with Gasteiger partial charge < -0.3 is 10.5 Å². The van der Waals surface area contributed by atoms with E-state index in [-0.39, 0.29) is 17.5 Å². The zero-order valence-corrected chi connectivity index (χ0v) is 13.5. The zero-order valence-electron chi connectivity index (χ0n) is 13.5. The maximum atomic E-state index is 13.3. The number of halogens is 1. The lowest BCUT2D eigenvalue weighted by molar-refractivity contribution is -0.0987. The predicted octanol–water partition coefficient (Wildman–Crippen LogP) is 4.07. The van der Waals surface area contributed by atoms with Gasteiger partial charge >= 0.3 is 0 Å². The molecule has 0 amide bonds. The van der Waals surface area contributed by atoms with Crippen molar-refractivity contribution >= 4 is 0 Å². The van der Waals surface area contributed by atoms with E-state index in [4.69, 9.17) is 10.5 Å². The van der Waals surface area contributed by atoms with Gasteiger partial charge in [-0.15, -0.1) is 0 Å². The Hall–Kier alpha value is -0.930. The molecule has 2 nitrogen and oxygen atoms in total. The molecule has 1 aromatic rings. The molecule has 1 atom stereocenters. The van der Waals surface area contributed by atoms with E-state index in [2.05, 4.69) is 13.8 Å². The number of benzene rings is 1. The summed E-state index contributed by atoms with van der Waals surface area (Å²) in [7, 11) is 0. The SMILES string of the molecule is CCOC1(C(N)Cc2cccc(F)c2)CCC(C)(C)CC1. The van der Waals surface area contributed by atoms with Crippen molar-refractivity contribution in [3.63, 3.8) is 0 Å². The first-order valence-electron chi connectivity index (χ1n) is 8.01. The van der Waals surface area contributed by atoms with Crippen molar-refractivity contribution in [1.82, 2.24) is 0 Å². The Kier molecular flexibility index (Phi) is 5.05. The Balaban J connectivity index is 2.11. The van der Waals surface area contributed by atoms with Crippen molar-refractivity contribution in [2.24, 2.45) is 11.1 Å². The number of hydrogen-bond donors (Lipinski definition) is 1. The third kappa shape index (κ3) is 4.04. The summed E-state index contributed by atoms with van der Waals surface area (Å²) in [5.41, 5.74) is 7.56. The normalized spacial score (nSPS) is 22.0. The average molecular weight is 293 g/mol. The first kappa shape index (κ1) is 16.4. The van der Waals surface area contributed by atoms with Crippen LogP contribution in [0.1, 0.15) is 52.0 Å². The molecule has 0 aromatic heterocycles. The van der Waals surface area contributed by atoms with E-state index in [1.165, 1.54) is 6.07 Å². The van der Waals surface area contributed by atoms with Gasteiger partial charge in [-0.05, 0) is 62.1 Å². The summed E-state index contributed by atoms with van der Waals surface area (Å²) in [5.74, 6) is -0.199. The van der Waals surface area contributed by atoms with Crippen LogP contribution in [-0.4, -0.2) is 18.2 Å². The zero-order chi connectivity index (χ0) is 15.5. The van der Waals surface area contributed by atoms with Crippen LogP contribution in [0.4, 0.5) is 4.39 Å². The lowest BCUT2D eigenvalue weighted by Gasteiger charge is -2.46. The molecule has 21 heavy (non-hydrogen) atoms. The van der Waals surface area contributed by atoms with Crippen molar-refractivity contribution in [1.29, 1.82) is 0 Å². The largest absolute Gasteiger partial charge is 0.374 e. The summed E-state index contributed by atoms with van der Waals surface area (Å²) in [5, 5.41) is 0. The molecule has 0 heterocycles. The topological polar surface area (TPSA) is 35.2 Å². The standard InChI is InChI=1S/C18H28FNO/c1-4-21-18(10-8-17(2,3)9-11-18)16(20)13-14-6-5-7-15(19)12-14/h5-7,12,16H,4,8-11,13,20H2,1-3H3. The maximum Gasteiger partial charge on any atom is 0.123 e. The minimum atomic E-state index is -0.253. The third-order valence-electron chi connectivity index (χ3n) is 4.90. The van der Waals surface area contributed by atoms with Crippen molar-refractivity contribution < 1.29 is 9.13 Å². The lowest BCUT2D eigenvalue weighted by atomic mass is 9.68. The molecule has 118 valence electrons. The molecular weight excluding hydrogens is 265 g/mol. The van der Waals surface area contributed by atoms with E-state index >= 15 is 0 Å². The second kappa shape index (κ2) is 6.45. The van der Waals surface area contributed by atoms with Crippen molar-refractivity contribution in [3.8, 4) is 0 Å². The lowest BCUT2D eigenvalue weighted by Crippen LogP contribution is -2.54. The fourth-order valence-corrected chi connectivity index (χ4v) is 3.36. The molecule has 1 aliphatic rings. The first-order valence-corrected chi connectivity index (χ1v) is 8.01. The van der Waals surface area contributed by atoms with E-state index in [1.807, 2.05) is 13.0 Å². The second-order valence-electron chi connectivity index (χ2n) is 7.10. The Labute approximate surface area is 127 Å². The number of rotatable bonds is 5. The summed E-state index contributed by atoms with van der Waals surface area (Å²) in [6.45, 7) is 7.32. The van der Waals surface area contributed by atoms with Gasteiger partial charge in [0.1, 0.15) is 5.82 Å². The molecule has 1 unspecified atom stereocenters. The predicted molar refractivity (Wildman–Crippen MR) is 84.7 cm³/mol. The van der Waals surface area contributed by atoms with Crippen LogP contribution in [0.5, 0.6) is 0 Å². The smallest absolute Gasteiger partial charge is 0.123 e. The van der Waals surface area contributed by atoms with Gasteiger partial charge in [0, 0.05) is 12.6 Å². The van der Waals surface area contributed by atoms with Gasteiger partial charge in [-0.2, -0.15) is 0 Å². The minimum Gasteiger partial charge on any atom is -0.374 e. The van der Waals surface area contributed by atoms with Crippen LogP contribution < -0.4 is 5.73 Å². The average Bonchev–Trinajstić information content (AvgIpc) is 2.41. The minimum absolute atomic E-state index is 0.0876. The molecule has 2 N–H and O–H groups in total. The first-order chi connectivity index (χ1) is 9.87. The highest BCUT2D eigenvalue weighted by atomic mass is 19.1. The Morgan fingerprint density at radius 1 is 1.24 bits per heavy atom. The Bertz CT molecular complexity index is 462. The van der Waals surface area contributed by atoms with Gasteiger partial charge in [-0.25, -0.2) is 4.39 Å². The van der Waals surface area contributed by atoms with Gasteiger partial charge in [-0.1, -0.05) is 26.0 Å². The van der Waals surface area contributed by atoms with Crippen LogP contribution in [0, 0.1) is 11.2 Å². The highest BCUT2D eigenvalue weighted by molar-refractivity contribution is 5.18. The van der Waals surface area contributed by atoms with Crippen molar-refractivity contribution in [2.75, 3.05) is 6.61 Å². The summed E-state index contributed by atoms with van der Waals surface area (Å²) in [6.07, 6.45) is 4.90. The Morgan fingerprint density at radius 2 is 1.90 bits per heavy atom. The third-order valence-corrected chi connectivity index (χ3v) is 4.90. The van der Waals surface area contributed by atoms with Crippen LogP contribution >= 0.6 is 0 Å². The van der Waals surface area contributed by atoms with Crippen molar-refractivity contribution in [2.45, 2.75) is 64.5 Å². The van der Waals surface area contributed by atoms with Crippen LogP contribution in [0.15, 0.2) is 24.3 Å². The Morgan fingerprint density at radius 3 is 2.48 bits per heavy atom. The fourth-order valence-electron chi connectivity index (χ4n) is 3.36. The summed E-state index contributed by atoms with van der Waals surface area (Å²) in [6, 6.07) is 6.64. The molecule has 3 heteroatoms. The molecule has 0 spiro atoms. The van der Waals surface area contributed by atoms with Gasteiger partial charge in [0.15, 0.2) is 0 Å². The molecule has 0 bridgehead atoms. The molecule has 1 saturated carbocycles. The molecule has 1 aromatic carbocycles. The molecule has 0 aliphatic heterocycles. The maximum absolute atomic E-state index is 13.3. The summed E-state index contributed by atoms with van der Waals surface area (Å²) < 4.78 is 19.4. The van der Waals surface area contributed by atoms with Crippen molar-refractivity contribution in [3.05, 3.63) is 35.6 Å². The van der Waals surface area contributed by atoms with Crippen LogP contribution in [0.3, 0.4) is 0 Å². The van der Waals surface area contributed by atoms with Crippen LogP contribution in [-0.2, 0) is 11.2 Å². The van der Waals surface area contributed by atoms with E-state index < -0.39 is 0 Å². The highest BCUT2D eigenvalue weighted by Gasteiger charge is 2.43. The van der Waals surface area contributed by atoms with E-state index in [0.29, 0.717) is 18.4 Å². The monoisotopic (exact) mass is 293 g/mol. The molecule has 1 aliphatic carbocycles. The molecule has 0 saturated heterocycles. The summed E-state index contributed by atoms with van der Waals surface area (Å²) in [4.78, 5) is 0. The van der Waals surface area contributed by atoms with E-state index in [1.54, 1.807) is 12.1 Å². The number of nitrogens with two attached hydrogens (primary N) is 1. The van der Waals surface area contributed by atoms with Gasteiger partial charge in [-0.3, -0.25) is 0 Å². The second-order valence-corrected chi connectivity index (χ2v) is 7.10. The van der Waals surface area contributed by atoms with Crippen LogP contribution in [0.2, 0.25) is 0 Å². The number of ether oxygens (including phenoxy) is 1. The van der Waals surface area contributed by atoms with Gasteiger partial charge in [0.2, 0.25) is 0 Å². The molecule has 0 radical (unpaired) electrons. The van der Waals surface area contributed by atoms with Gasteiger partial charge in [0.05, 0.1) is 5.60 Å². The summed E-state index contributed by atoms with van der Waals surface area (Å²) >= 11 is 0.